The molecule has 9 nitrogen and oxygen atoms in total. The number of amides is 2. The quantitative estimate of drug-likeness (QED) is 0.268. The van der Waals surface area contributed by atoms with Gasteiger partial charge in [0.05, 0.1) is 36.0 Å². The van der Waals surface area contributed by atoms with Crippen LogP contribution >= 0.6 is 23.2 Å². The fraction of sp³-hybridized carbons (Fsp3) is 0.200. The molecule has 2 aliphatic rings. The number of benzene rings is 3. The SMILES string of the molecule is COc1ccccc1-n1cc2c(c1C(C)C)[C@@]1(C(=O)Nc3cc(Cl)ccc31)N(c1cc(Cl)ccc1NS(C)(=O)=O)C2=O. The Bertz CT molecular complexity index is 1920. The van der Waals surface area contributed by atoms with Gasteiger partial charge in [-0.3, -0.25) is 19.2 Å². The number of para-hydroxylation sites is 2. The lowest BCUT2D eigenvalue weighted by Crippen LogP contribution is -2.51. The molecule has 12 heteroatoms. The first-order valence-electron chi connectivity index (χ1n) is 13.0. The van der Waals surface area contributed by atoms with E-state index in [-0.39, 0.29) is 27.9 Å². The summed E-state index contributed by atoms with van der Waals surface area (Å²) in [5, 5.41) is 3.58. The topological polar surface area (TPSA) is 110 Å². The van der Waals surface area contributed by atoms with Crippen LogP contribution < -0.4 is 19.7 Å². The van der Waals surface area contributed by atoms with Crippen LogP contribution in [0, 0.1) is 0 Å². The Balaban J connectivity index is 1.74. The van der Waals surface area contributed by atoms with Crippen LogP contribution in [0.15, 0.2) is 66.9 Å². The summed E-state index contributed by atoms with van der Waals surface area (Å²) in [6, 6.07) is 16.9. The number of hydrogen-bond acceptors (Lipinski definition) is 5. The van der Waals surface area contributed by atoms with Crippen LogP contribution in [0.5, 0.6) is 5.75 Å². The van der Waals surface area contributed by atoms with Crippen LogP contribution in [0.25, 0.3) is 5.69 Å². The molecule has 3 heterocycles. The number of halogens is 2. The van der Waals surface area contributed by atoms with Crippen molar-refractivity contribution in [2.24, 2.45) is 0 Å². The second-order valence-electron chi connectivity index (χ2n) is 10.5. The third-order valence-electron chi connectivity index (χ3n) is 7.51. The molecule has 2 N–H and O–H groups in total. The summed E-state index contributed by atoms with van der Waals surface area (Å²) < 4.78 is 34.7. The predicted molar refractivity (Wildman–Crippen MR) is 164 cm³/mol. The third-order valence-corrected chi connectivity index (χ3v) is 8.57. The number of hydrogen-bond donors (Lipinski definition) is 2. The number of ether oxygens (including phenoxy) is 1. The zero-order chi connectivity index (χ0) is 30.1. The maximum Gasteiger partial charge on any atom is 0.261 e. The molecule has 0 unspecified atom stereocenters. The fourth-order valence-corrected chi connectivity index (χ4v) is 6.96. The molecule has 2 amide bonds. The van der Waals surface area contributed by atoms with E-state index in [9.17, 15) is 18.0 Å². The minimum absolute atomic E-state index is 0.0960. The molecule has 1 atom stereocenters. The van der Waals surface area contributed by atoms with Crippen molar-refractivity contribution >= 4 is 62.1 Å². The zero-order valence-corrected chi connectivity index (χ0v) is 25.4. The molecule has 216 valence electrons. The van der Waals surface area contributed by atoms with Crippen molar-refractivity contribution in [1.82, 2.24) is 4.57 Å². The second-order valence-corrected chi connectivity index (χ2v) is 13.2. The van der Waals surface area contributed by atoms with Crippen LogP contribution in [0.4, 0.5) is 17.1 Å². The maximum atomic E-state index is 14.6. The summed E-state index contributed by atoms with van der Waals surface area (Å²) in [6.45, 7) is 3.96. The number of anilines is 3. The first-order valence-corrected chi connectivity index (χ1v) is 15.7. The van der Waals surface area contributed by atoms with Crippen LogP contribution in [0.3, 0.4) is 0 Å². The smallest absolute Gasteiger partial charge is 0.261 e. The molecule has 3 aromatic carbocycles. The van der Waals surface area contributed by atoms with Crippen molar-refractivity contribution < 1.29 is 22.7 Å². The van der Waals surface area contributed by atoms with Gasteiger partial charge < -0.3 is 14.6 Å². The Morgan fingerprint density at radius 2 is 1.67 bits per heavy atom. The standard InChI is InChI=1S/C30H26Cl2N4O5S/c1-16(2)27-26-19(15-35(27)23-7-5-6-8-25(23)41-3)28(37)36(24-14-18(32)10-12-21(24)34-42(4,39)40)30(26)20-11-9-17(31)13-22(20)33-29(30)38/h5-16,34H,1-4H3,(H,33,38)/t30-/m0/s1. The molecule has 0 radical (unpaired) electrons. The van der Waals surface area contributed by atoms with E-state index >= 15 is 0 Å². The van der Waals surface area contributed by atoms with Gasteiger partial charge >= 0.3 is 0 Å². The van der Waals surface area contributed by atoms with Crippen molar-refractivity contribution in [3.8, 4) is 11.4 Å². The molecular formula is C30H26Cl2N4O5S. The normalized spacial score (nSPS) is 17.5. The highest BCUT2D eigenvalue weighted by atomic mass is 35.5. The Labute approximate surface area is 253 Å². The summed E-state index contributed by atoms with van der Waals surface area (Å²) in [4.78, 5) is 30.4. The van der Waals surface area contributed by atoms with Gasteiger partial charge in [0.15, 0.2) is 5.54 Å². The molecule has 6 rings (SSSR count). The highest BCUT2D eigenvalue weighted by molar-refractivity contribution is 7.92. The van der Waals surface area contributed by atoms with E-state index in [0.29, 0.717) is 39.0 Å². The van der Waals surface area contributed by atoms with Gasteiger partial charge in [-0.2, -0.15) is 0 Å². The summed E-state index contributed by atoms with van der Waals surface area (Å²) in [6.07, 6.45) is 2.72. The number of aromatic nitrogens is 1. The lowest BCUT2D eigenvalue weighted by Gasteiger charge is -2.36. The van der Waals surface area contributed by atoms with Crippen LogP contribution in [0.2, 0.25) is 10.0 Å². The molecule has 0 fully saturated rings. The number of fused-ring (bicyclic) bond motifs is 4. The van der Waals surface area contributed by atoms with Gasteiger partial charge in [-0.1, -0.05) is 55.2 Å². The van der Waals surface area contributed by atoms with Crippen LogP contribution in [0.1, 0.15) is 46.9 Å². The molecule has 2 aliphatic heterocycles. The number of rotatable bonds is 6. The maximum absolute atomic E-state index is 14.6. The van der Waals surface area contributed by atoms with E-state index < -0.39 is 27.4 Å². The predicted octanol–water partition coefficient (Wildman–Crippen LogP) is 6.14. The average Bonchev–Trinajstić information content (AvgIpc) is 3.53. The molecular weight excluding hydrogens is 599 g/mol. The van der Waals surface area contributed by atoms with Gasteiger partial charge in [0, 0.05) is 38.8 Å². The first kappa shape index (κ1) is 28.1. The van der Waals surface area contributed by atoms with E-state index in [1.165, 1.54) is 23.1 Å². The van der Waals surface area contributed by atoms with Crippen molar-refractivity contribution in [3.63, 3.8) is 0 Å². The van der Waals surface area contributed by atoms with Crippen molar-refractivity contribution in [2.45, 2.75) is 25.3 Å². The van der Waals surface area contributed by atoms with E-state index in [0.717, 1.165) is 6.26 Å². The van der Waals surface area contributed by atoms with Gasteiger partial charge in [-0.15, -0.1) is 0 Å². The third kappa shape index (κ3) is 4.08. The van der Waals surface area contributed by atoms with E-state index in [4.69, 9.17) is 27.9 Å². The zero-order valence-electron chi connectivity index (χ0n) is 23.0. The average molecular weight is 626 g/mol. The minimum Gasteiger partial charge on any atom is -0.495 e. The Morgan fingerprint density at radius 3 is 2.36 bits per heavy atom. The molecule has 0 aliphatic carbocycles. The molecule has 0 saturated carbocycles. The molecule has 0 saturated heterocycles. The largest absolute Gasteiger partial charge is 0.495 e. The van der Waals surface area contributed by atoms with Gasteiger partial charge in [0.25, 0.3) is 11.8 Å². The molecule has 42 heavy (non-hydrogen) atoms. The van der Waals surface area contributed by atoms with E-state index in [2.05, 4.69) is 10.0 Å². The molecule has 1 aromatic heterocycles. The van der Waals surface area contributed by atoms with Crippen molar-refractivity contribution in [1.29, 1.82) is 0 Å². The number of carbonyl (C=O) groups is 2. The van der Waals surface area contributed by atoms with Gasteiger partial charge in [0.2, 0.25) is 10.0 Å². The number of carbonyl (C=O) groups excluding carboxylic acids is 2. The van der Waals surface area contributed by atoms with Crippen molar-refractivity contribution in [3.05, 3.63) is 99.3 Å². The second kappa shape index (κ2) is 9.79. The minimum atomic E-state index is -3.77. The number of nitrogens with one attached hydrogen (secondary N) is 2. The highest BCUT2D eigenvalue weighted by Gasteiger charge is 2.63. The molecule has 1 spiro atoms. The van der Waals surface area contributed by atoms with Crippen molar-refractivity contribution in [2.75, 3.05) is 28.3 Å². The summed E-state index contributed by atoms with van der Waals surface area (Å²) in [5.74, 6) is -0.571. The summed E-state index contributed by atoms with van der Waals surface area (Å²) >= 11 is 12.7. The van der Waals surface area contributed by atoms with Gasteiger partial charge in [-0.05, 0) is 48.4 Å². The van der Waals surface area contributed by atoms with E-state index in [1.54, 1.807) is 31.5 Å². The molecule has 4 aromatic rings. The first-order chi connectivity index (χ1) is 19.9. The Kier molecular flexibility index (Phi) is 6.56. The number of nitrogens with zero attached hydrogens (tertiary/aromatic N) is 2. The Hall–Kier alpha value is -3.99. The summed E-state index contributed by atoms with van der Waals surface area (Å²) in [5.41, 5.74) is 1.63. The lowest BCUT2D eigenvalue weighted by molar-refractivity contribution is -0.119. The monoisotopic (exact) mass is 624 g/mol. The number of methoxy groups -OCH3 is 1. The lowest BCUT2D eigenvalue weighted by atomic mass is 9.81. The van der Waals surface area contributed by atoms with E-state index in [1.807, 2.05) is 42.7 Å². The van der Waals surface area contributed by atoms with Crippen LogP contribution in [-0.4, -0.2) is 38.2 Å². The highest BCUT2D eigenvalue weighted by Crippen LogP contribution is 2.57. The fourth-order valence-electron chi connectivity index (χ4n) is 6.05. The van der Waals surface area contributed by atoms with Crippen LogP contribution in [-0.2, 0) is 20.4 Å². The molecule has 0 bridgehead atoms. The Morgan fingerprint density at radius 1 is 0.976 bits per heavy atom. The summed E-state index contributed by atoms with van der Waals surface area (Å²) in [7, 11) is -2.20. The number of sulfonamides is 1. The van der Waals surface area contributed by atoms with Gasteiger partial charge in [0.1, 0.15) is 5.75 Å². The van der Waals surface area contributed by atoms with Gasteiger partial charge in [-0.25, -0.2) is 8.42 Å².